The van der Waals surface area contributed by atoms with Gasteiger partial charge in [-0.3, -0.25) is 0 Å². The number of rotatable bonds is 1. The van der Waals surface area contributed by atoms with Crippen LogP contribution in [0, 0.1) is 11.8 Å². The SMILES string of the molecule is c1ccc([C@H]2CCCC3CCCCC32)cc1. The van der Waals surface area contributed by atoms with Gasteiger partial charge < -0.3 is 0 Å². The van der Waals surface area contributed by atoms with E-state index in [0.717, 1.165) is 17.8 Å². The zero-order valence-corrected chi connectivity index (χ0v) is 10.1. The first-order valence-electron chi connectivity index (χ1n) is 7.00. The topological polar surface area (TPSA) is 0 Å². The monoisotopic (exact) mass is 214 g/mol. The van der Waals surface area contributed by atoms with Gasteiger partial charge in [-0.15, -0.1) is 0 Å². The lowest BCUT2D eigenvalue weighted by molar-refractivity contribution is 0.144. The molecule has 0 saturated heterocycles. The molecule has 2 fully saturated rings. The van der Waals surface area contributed by atoms with E-state index in [1.54, 1.807) is 5.56 Å². The van der Waals surface area contributed by atoms with Gasteiger partial charge in [0, 0.05) is 0 Å². The third kappa shape index (κ3) is 1.90. The Kier molecular flexibility index (Phi) is 2.99. The van der Waals surface area contributed by atoms with Crippen LogP contribution in [0.4, 0.5) is 0 Å². The van der Waals surface area contributed by atoms with Crippen LogP contribution in [0.15, 0.2) is 30.3 Å². The molecule has 1 aromatic rings. The fourth-order valence-electron chi connectivity index (χ4n) is 4.05. The highest BCUT2D eigenvalue weighted by atomic mass is 14.4. The van der Waals surface area contributed by atoms with Crippen molar-refractivity contribution in [2.24, 2.45) is 11.8 Å². The van der Waals surface area contributed by atoms with Gasteiger partial charge in [0.25, 0.3) is 0 Å². The van der Waals surface area contributed by atoms with Crippen LogP contribution in [0.25, 0.3) is 0 Å². The van der Waals surface area contributed by atoms with Gasteiger partial charge in [0.15, 0.2) is 0 Å². The van der Waals surface area contributed by atoms with Crippen LogP contribution in [-0.4, -0.2) is 0 Å². The minimum absolute atomic E-state index is 0.875. The van der Waals surface area contributed by atoms with Crippen molar-refractivity contribution in [3.05, 3.63) is 35.9 Å². The van der Waals surface area contributed by atoms with Crippen molar-refractivity contribution in [1.29, 1.82) is 0 Å². The van der Waals surface area contributed by atoms with Gasteiger partial charge in [-0.25, -0.2) is 0 Å². The summed E-state index contributed by atoms with van der Waals surface area (Å²) in [4.78, 5) is 0. The van der Waals surface area contributed by atoms with Crippen LogP contribution in [0.5, 0.6) is 0 Å². The maximum Gasteiger partial charge on any atom is -0.0131 e. The molecule has 0 heteroatoms. The first-order valence-corrected chi connectivity index (χ1v) is 7.00. The quantitative estimate of drug-likeness (QED) is 0.632. The van der Waals surface area contributed by atoms with E-state index < -0.39 is 0 Å². The molecule has 0 aliphatic heterocycles. The third-order valence-electron chi connectivity index (χ3n) is 4.80. The normalized spacial score (nSPS) is 34.4. The average Bonchev–Trinajstić information content (AvgIpc) is 2.39. The Labute approximate surface area is 99.1 Å². The molecule has 0 heterocycles. The third-order valence-corrected chi connectivity index (χ3v) is 4.80. The van der Waals surface area contributed by atoms with Crippen molar-refractivity contribution in [1.82, 2.24) is 0 Å². The number of benzene rings is 1. The smallest absolute Gasteiger partial charge is 0.0131 e. The highest BCUT2D eigenvalue weighted by Gasteiger charge is 2.35. The second-order valence-corrected chi connectivity index (χ2v) is 5.66. The van der Waals surface area contributed by atoms with E-state index in [-0.39, 0.29) is 0 Å². The molecule has 2 unspecified atom stereocenters. The fraction of sp³-hybridized carbons (Fsp3) is 0.625. The molecule has 0 spiro atoms. The Hall–Kier alpha value is -0.780. The lowest BCUT2D eigenvalue weighted by Gasteiger charge is -2.41. The molecule has 1 aromatic carbocycles. The molecular weight excluding hydrogens is 192 g/mol. The molecule has 0 radical (unpaired) electrons. The second-order valence-electron chi connectivity index (χ2n) is 5.66. The van der Waals surface area contributed by atoms with Crippen molar-refractivity contribution in [2.75, 3.05) is 0 Å². The summed E-state index contributed by atoms with van der Waals surface area (Å²) in [6.07, 6.45) is 10.4. The van der Waals surface area contributed by atoms with Crippen molar-refractivity contribution in [3.63, 3.8) is 0 Å². The Balaban J connectivity index is 1.83. The largest absolute Gasteiger partial charge is 0.0622 e. The Morgan fingerprint density at radius 3 is 2.38 bits per heavy atom. The minimum atomic E-state index is 0.875. The van der Waals surface area contributed by atoms with Gasteiger partial charge in [-0.2, -0.15) is 0 Å². The van der Waals surface area contributed by atoms with Crippen molar-refractivity contribution < 1.29 is 0 Å². The van der Waals surface area contributed by atoms with E-state index in [1.165, 1.54) is 44.9 Å². The van der Waals surface area contributed by atoms with Crippen molar-refractivity contribution >= 4 is 0 Å². The molecule has 2 aliphatic carbocycles. The Morgan fingerprint density at radius 2 is 1.50 bits per heavy atom. The summed E-state index contributed by atoms with van der Waals surface area (Å²) in [6, 6.07) is 11.3. The molecule has 2 saturated carbocycles. The van der Waals surface area contributed by atoms with Gasteiger partial charge in [0.1, 0.15) is 0 Å². The van der Waals surface area contributed by atoms with Crippen LogP contribution < -0.4 is 0 Å². The maximum atomic E-state index is 2.35. The summed E-state index contributed by atoms with van der Waals surface area (Å²) in [5.74, 6) is 2.93. The maximum absolute atomic E-state index is 2.35. The summed E-state index contributed by atoms with van der Waals surface area (Å²) in [5, 5.41) is 0. The summed E-state index contributed by atoms with van der Waals surface area (Å²) < 4.78 is 0. The molecule has 16 heavy (non-hydrogen) atoms. The molecule has 0 nitrogen and oxygen atoms in total. The predicted octanol–water partition coefficient (Wildman–Crippen LogP) is 4.76. The van der Waals surface area contributed by atoms with Crippen LogP contribution in [0.3, 0.4) is 0 Å². The lowest BCUT2D eigenvalue weighted by atomic mass is 9.64. The van der Waals surface area contributed by atoms with Crippen molar-refractivity contribution in [2.45, 2.75) is 50.9 Å². The average molecular weight is 214 g/mol. The van der Waals surface area contributed by atoms with Gasteiger partial charge in [0.05, 0.1) is 0 Å². The Morgan fingerprint density at radius 1 is 0.750 bits per heavy atom. The van der Waals surface area contributed by atoms with Gasteiger partial charge >= 0.3 is 0 Å². The Bertz CT molecular complexity index is 325. The second kappa shape index (κ2) is 4.61. The molecule has 0 aromatic heterocycles. The van der Waals surface area contributed by atoms with Gasteiger partial charge in [-0.05, 0) is 36.2 Å². The zero-order chi connectivity index (χ0) is 10.8. The van der Waals surface area contributed by atoms with E-state index in [9.17, 15) is 0 Å². The van der Waals surface area contributed by atoms with E-state index in [2.05, 4.69) is 30.3 Å². The number of hydrogen-bond donors (Lipinski definition) is 0. The van der Waals surface area contributed by atoms with E-state index in [0.29, 0.717) is 0 Å². The fourth-order valence-corrected chi connectivity index (χ4v) is 4.05. The first-order chi connectivity index (χ1) is 7.95. The van der Waals surface area contributed by atoms with E-state index >= 15 is 0 Å². The molecule has 0 bridgehead atoms. The summed E-state index contributed by atoms with van der Waals surface area (Å²) in [7, 11) is 0. The summed E-state index contributed by atoms with van der Waals surface area (Å²) in [5.41, 5.74) is 1.61. The standard InChI is InChI=1S/C16H22/c1-2-7-13(8-3-1)16-12-6-10-14-9-4-5-11-15(14)16/h1-3,7-8,14-16H,4-6,9-12H2/t14?,15?,16-/m1/s1. The number of hydrogen-bond acceptors (Lipinski definition) is 0. The molecule has 0 amide bonds. The van der Waals surface area contributed by atoms with E-state index in [4.69, 9.17) is 0 Å². The van der Waals surface area contributed by atoms with Crippen LogP contribution in [0.1, 0.15) is 56.4 Å². The molecule has 2 aliphatic rings. The van der Waals surface area contributed by atoms with Crippen LogP contribution >= 0.6 is 0 Å². The molecule has 0 N–H and O–H groups in total. The minimum Gasteiger partial charge on any atom is -0.0622 e. The van der Waals surface area contributed by atoms with Crippen LogP contribution in [0.2, 0.25) is 0 Å². The zero-order valence-electron chi connectivity index (χ0n) is 10.1. The highest BCUT2D eigenvalue weighted by molar-refractivity contribution is 5.21. The molecule has 86 valence electrons. The summed E-state index contributed by atoms with van der Waals surface area (Å²) >= 11 is 0. The van der Waals surface area contributed by atoms with E-state index in [1.807, 2.05) is 0 Å². The number of fused-ring (bicyclic) bond motifs is 1. The van der Waals surface area contributed by atoms with Crippen molar-refractivity contribution in [3.8, 4) is 0 Å². The van der Waals surface area contributed by atoms with Gasteiger partial charge in [0.2, 0.25) is 0 Å². The van der Waals surface area contributed by atoms with Gasteiger partial charge in [-0.1, -0.05) is 62.4 Å². The molecule has 3 rings (SSSR count). The molecular formula is C16H22. The predicted molar refractivity (Wildman–Crippen MR) is 68.5 cm³/mol. The highest BCUT2D eigenvalue weighted by Crippen LogP contribution is 2.47. The first kappa shape index (κ1) is 10.4. The lowest BCUT2D eigenvalue weighted by Crippen LogP contribution is -2.29. The summed E-state index contributed by atoms with van der Waals surface area (Å²) in [6.45, 7) is 0. The van der Waals surface area contributed by atoms with Crippen LogP contribution in [-0.2, 0) is 0 Å². The molecule has 3 atom stereocenters.